The van der Waals surface area contributed by atoms with Gasteiger partial charge in [-0.1, -0.05) is 36.4 Å². The molecule has 122 valence electrons. The Morgan fingerprint density at radius 3 is 2.62 bits per heavy atom. The molecule has 5 aromatic rings. The number of nitrogen functional groups attached to an aromatic ring is 1. The first kappa shape index (κ1) is 14.4. The number of aromatic nitrogens is 2. The van der Waals surface area contributed by atoms with E-state index in [-0.39, 0.29) is 11.1 Å². The number of nitrogens with zero attached hydrogens (tertiary/aromatic N) is 3. The minimum atomic E-state index is -0.190. The third-order valence-electron chi connectivity index (χ3n) is 4.76. The Labute approximate surface area is 147 Å². The van der Waals surface area contributed by atoms with Gasteiger partial charge < -0.3 is 5.73 Å². The van der Waals surface area contributed by atoms with Crippen molar-refractivity contribution < 1.29 is 0 Å². The van der Waals surface area contributed by atoms with E-state index in [0.717, 1.165) is 16.4 Å². The van der Waals surface area contributed by atoms with E-state index in [0.29, 0.717) is 27.8 Å². The Morgan fingerprint density at radius 1 is 1.00 bits per heavy atom. The highest BCUT2D eigenvalue weighted by Gasteiger charge is 2.20. The maximum Gasteiger partial charge on any atom is 0.214 e. The minimum Gasteiger partial charge on any atom is -0.385 e. The van der Waals surface area contributed by atoms with Crippen LogP contribution in [0.2, 0.25) is 0 Å². The number of nitrogens with two attached hydrogens (primary N) is 1. The second-order valence-corrected chi connectivity index (χ2v) is 6.17. The maximum absolute atomic E-state index is 13.4. The van der Waals surface area contributed by atoms with Gasteiger partial charge in [0.25, 0.3) is 0 Å². The van der Waals surface area contributed by atoms with Crippen molar-refractivity contribution in [2.45, 2.75) is 0 Å². The van der Waals surface area contributed by atoms with Crippen LogP contribution in [0, 0.1) is 11.3 Å². The van der Waals surface area contributed by atoms with Crippen LogP contribution in [0.4, 0.5) is 5.82 Å². The number of pyridine rings is 2. The van der Waals surface area contributed by atoms with Crippen LogP contribution in [0.15, 0.2) is 65.5 Å². The van der Waals surface area contributed by atoms with Gasteiger partial charge in [0.15, 0.2) is 0 Å². The van der Waals surface area contributed by atoms with Crippen LogP contribution in [0.25, 0.3) is 38.6 Å². The van der Waals surface area contributed by atoms with E-state index in [4.69, 9.17) is 5.73 Å². The van der Waals surface area contributed by atoms with Gasteiger partial charge in [0.1, 0.15) is 11.5 Å². The molecule has 3 heterocycles. The summed E-state index contributed by atoms with van der Waals surface area (Å²) in [5.74, 6) is 0.551. The first-order chi connectivity index (χ1) is 12.7. The van der Waals surface area contributed by atoms with Gasteiger partial charge in [-0.25, -0.2) is 4.98 Å². The lowest BCUT2D eigenvalue weighted by molar-refractivity contribution is 1.25. The van der Waals surface area contributed by atoms with Gasteiger partial charge in [-0.2, -0.15) is 5.26 Å². The first-order valence-corrected chi connectivity index (χ1v) is 8.15. The third-order valence-corrected chi connectivity index (χ3v) is 4.76. The highest BCUT2D eigenvalue weighted by Crippen LogP contribution is 2.33. The van der Waals surface area contributed by atoms with E-state index in [1.807, 2.05) is 34.7 Å². The molecule has 26 heavy (non-hydrogen) atoms. The zero-order chi connectivity index (χ0) is 17.8. The van der Waals surface area contributed by atoms with Crippen LogP contribution in [0.1, 0.15) is 5.56 Å². The Hall–Kier alpha value is -3.91. The predicted octanol–water partition coefficient (Wildman–Crippen LogP) is 3.56. The molecular formula is C21H12N4O. The number of rotatable bonds is 1. The lowest BCUT2D eigenvalue weighted by atomic mass is 10.0. The molecule has 0 saturated heterocycles. The Kier molecular flexibility index (Phi) is 2.80. The lowest BCUT2D eigenvalue weighted by Crippen LogP contribution is -2.10. The van der Waals surface area contributed by atoms with Gasteiger partial charge in [-0.3, -0.25) is 9.20 Å². The summed E-state index contributed by atoms with van der Waals surface area (Å²) >= 11 is 0. The van der Waals surface area contributed by atoms with Crippen LogP contribution in [-0.2, 0) is 0 Å². The fourth-order valence-electron chi connectivity index (χ4n) is 3.65. The molecule has 0 saturated carbocycles. The molecule has 0 unspecified atom stereocenters. The number of anilines is 1. The fraction of sp³-hybridized carbons (Fsp3) is 0. The molecule has 0 aliphatic carbocycles. The van der Waals surface area contributed by atoms with E-state index in [1.54, 1.807) is 30.3 Å². The SMILES string of the molecule is N#Cc1ccccc1-c1nc2ccc(N)n3c4ccccc4c(c1=O)c23. The van der Waals surface area contributed by atoms with Gasteiger partial charge in [-0.05, 0) is 24.3 Å². The zero-order valence-corrected chi connectivity index (χ0v) is 13.6. The summed E-state index contributed by atoms with van der Waals surface area (Å²) in [6.07, 6.45) is 0. The van der Waals surface area contributed by atoms with E-state index in [2.05, 4.69) is 11.1 Å². The predicted molar refractivity (Wildman–Crippen MR) is 102 cm³/mol. The standard InChI is InChI=1S/C21H12N4O/c22-11-12-5-1-2-6-13(12)19-21(26)18-14-7-3-4-8-16(14)25-17(23)10-9-15(24-19)20(18)25/h1-10H,23H2. The summed E-state index contributed by atoms with van der Waals surface area (Å²) < 4.78 is 1.87. The molecular weight excluding hydrogens is 324 g/mol. The summed E-state index contributed by atoms with van der Waals surface area (Å²) in [6.45, 7) is 0. The van der Waals surface area contributed by atoms with E-state index < -0.39 is 0 Å². The number of hydrogen-bond acceptors (Lipinski definition) is 4. The highest BCUT2D eigenvalue weighted by atomic mass is 16.1. The summed E-state index contributed by atoms with van der Waals surface area (Å²) in [5.41, 5.74) is 9.52. The second-order valence-electron chi connectivity index (χ2n) is 6.17. The molecule has 0 aliphatic rings. The summed E-state index contributed by atoms with van der Waals surface area (Å²) in [6, 6.07) is 20.4. The van der Waals surface area contributed by atoms with Gasteiger partial charge >= 0.3 is 0 Å². The van der Waals surface area contributed by atoms with E-state index >= 15 is 0 Å². The van der Waals surface area contributed by atoms with E-state index in [9.17, 15) is 10.1 Å². The lowest BCUT2D eigenvalue weighted by Gasteiger charge is -2.07. The molecule has 0 aliphatic heterocycles. The third kappa shape index (κ3) is 1.73. The summed E-state index contributed by atoms with van der Waals surface area (Å²) in [4.78, 5) is 18.0. The topological polar surface area (TPSA) is 84.2 Å². The number of hydrogen-bond donors (Lipinski definition) is 1. The van der Waals surface area contributed by atoms with Crippen LogP contribution in [0.5, 0.6) is 0 Å². The molecule has 0 spiro atoms. The number of benzene rings is 2. The average Bonchev–Trinajstić information content (AvgIpc) is 3.03. The molecule has 0 atom stereocenters. The van der Waals surface area contributed by atoms with Crippen molar-refractivity contribution in [3.63, 3.8) is 0 Å². The van der Waals surface area contributed by atoms with Crippen molar-refractivity contribution in [1.82, 2.24) is 9.38 Å². The van der Waals surface area contributed by atoms with Crippen molar-refractivity contribution in [3.8, 4) is 17.3 Å². The quantitative estimate of drug-likeness (QED) is 0.507. The normalized spacial score (nSPS) is 11.3. The Balaban J connectivity index is 2.07. The van der Waals surface area contributed by atoms with Crippen molar-refractivity contribution >= 4 is 33.1 Å². The van der Waals surface area contributed by atoms with Crippen LogP contribution in [-0.4, -0.2) is 9.38 Å². The number of para-hydroxylation sites is 1. The van der Waals surface area contributed by atoms with Crippen molar-refractivity contribution in [2.75, 3.05) is 5.73 Å². The highest BCUT2D eigenvalue weighted by molar-refractivity contribution is 6.14. The monoisotopic (exact) mass is 336 g/mol. The van der Waals surface area contributed by atoms with Crippen LogP contribution < -0.4 is 11.2 Å². The average molecular weight is 336 g/mol. The smallest absolute Gasteiger partial charge is 0.214 e. The fourth-order valence-corrected chi connectivity index (χ4v) is 3.65. The second kappa shape index (κ2) is 5.04. The molecule has 2 N–H and O–H groups in total. The van der Waals surface area contributed by atoms with Gasteiger partial charge in [-0.15, -0.1) is 0 Å². The largest absolute Gasteiger partial charge is 0.385 e. The molecule has 2 aromatic carbocycles. The zero-order valence-electron chi connectivity index (χ0n) is 13.6. The molecule has 3 aromatic heterocycles. The van der Waals surface area contributed by atoms with Gasteiger partial charge in [0, 0.05) is 10.9 Å². The van der Waals surface area contributed by atoms with Crippen LogP contribution in [0.3, 0.4) is 0 Å². The number of nitriles is 1. The Morgan fingerprint density at radius 2 is 1.77 bits per heavy atom. The van der Waals surface area contributed by atoms with Crippen LogP contribution >= 0.6 is 0 Å². The molecule has 5 rings (SSSR count). The van der Waals surface area contributed by atoms with Crippen molar-refractivity contribution in [2.24, 2.45) is 0 Å². The molecule has 0 radical (unpaired) electrons. The Bertz CT molecular complexity index is 1430. The summed E-state index contributed by atoms with van der Waals surface area (Å²) in [7, 11) is 0. The molecule has 5 nitrogen and oxygen atoms in total. The van der Waals surface area contributed by atoms with Crippen molar-refractivity contribution in [1.29, 1.82) is 5.26 Å². The van der Waals surface area contributed by atoms with Crippen molar-refractivity contribution in [3.05, 3.63) is 76.5 Å². The van der Waals surface area contributed by atoms with Gasteiger partial charge in [0.2, 0.25) is 5.43 Å². The summed E-state index contributed by atoms with van der Waals surface area (Å²) in [5, 5.41) is 10.8. The minimum absolute atomic E-state index is 0.190. The number of fused-ring (bicyclic) bond motifs is 3. The molecule has 0 amide bonds. The molecule has 0 fully saturated rings. The van der Waals surface area contributed by atoms with Gasteiger partial charge in [0.05, 0.1) is 33.6 Å². The molecule has 5 heteroatoms. The first-order valence-electron chi connectivity index (χ1n) is 8.15. The maximum atomic E-state index is 13.4. The van der Waals surface area contributed by atoms with E-state index in [1.165, 1.54) is 0 Å². The molecule has 0 bridgehead atoms.